The Bertz CT molecular complexity index is 383. The van der Waals surface area contributed by atoms with E-state index >= 15 is 0 Å². The summed E-state index contributed by atoms with van der Waals surface area (Å²) >= 11 is 0. The summed E-state index contributed by atoms with van der Waals surface area (Å²) in [5, 5.41) is 2.85. The van der Waals surface area contributed by atoms with Gasteiger partial charge in [0.2, 0.25) is 0 Å². The largest absolute Gasteiger partial charge is 0.484 e. The molecule has 1 aliphatic heterocycles. The molecule has 1 heterocycles. The van der Waals surface area contributed by atoms with Crippen molar-refractivity contribution in [1.82, 2.24) is 5.32 Å². The van der Waals surface area contributed by atoms with Crippen LogP contribution in [0.3, 0.4) is 0 Å². The zero-order valence-corrected chi connectivity index (χ0v) is 10.3. The van der Waals surface area contributed by atoms with E-state index in [1.807, 2.05) is 0 Å². The Morgan fingerprint density at radius 1 is 1.28 bits per heavy atom. The number of rotatable bonds is 4. The fourth-order valence-electron chi connectivity index (χ4n) is 1.99. The summed E-state index contributed by atoms with van der Waals surface area (Å²) in [5.74, 6) is -1.57. The molecule has 0 amide bonds. The lowest BCUT2D eigenvalue weighted by Gasteiger charge is -2.23. The Morgan fingerprint density at radius 2 is 1.89 bits per heavy atom. The molecule has 1 aromatic rings. The standard InChI is InChI=1S/C13H17F2NO2/c1-16-8-9-6-11(14)13(12(15)7-9)18-10-2-4-17-5-3-10/h6-7,10,16H,2-5,8H2,1H3. The number of halogens is 2. The van der Waals surface area contributed by atoms with Gasteiger partial charge in [-0.1, -0.05) is 0 Å². The second-order valence-corrected chi connectivity index (χ2v) is 4.35. The number of nitrogens with one attached hydrogen (secondary N) is 1. The smallest absolute Gasteiger partial charge is 0.191 e. The van der Waals surface area contributed by atoms with Gasteiger partial charge < -0.3 is 14.8 Å². The van der Waals surface area contributed by atoms with Gasteiger partial charge in [-0.2, -0.15) is 0 Å². The van der Waals surface area contributed by atoms with Gasteiger partial charge in [0.05, 0.1) is 13.2 Å². The lowest BCUT2D eigenvalue weighted by atomic mass is 10.1. The van der Waals surface area contributed by atoms with Crippen molar-refractivity contribution in [3.05, 3.63) is 29.3 Å². The molecule has 0 bridgehead atoms. The summed E-state index contributed by atoms with van der Waals surface area (Å²) in [6.45, 7) is 1.57. The molecule has 5 heteroatoms. The van der Waals surface area contributed by atoms with Crippen molar-refractivity contribution in [2.75, 3.05) is 20.3 Å². The molecular weight excluding hydrogens is 240 g/mol. The summed E-state index contributed by atoms with van der Waals surface area (Å²) in [7, 11) is 1.72. The van der Waals surface area contributed by atoms with Gasteiger partial charge in [-0.3, -0.25) is 0 Å². The van der Waals surface area contributed by atoms with E-state index in [9.17, 15) is 8.78 Å². The predicted molar refractivity (Wildman–Crippen MR) is 63.6 cm³/mol. The molecule has 0 aromatic heterocycles. The Labute approximate surface area is 105 Å². The van der Waals surface area contributed by atoms with E-state index in [2.05, 4.69) is 5.32 Å². The summed E-state index contributed by atoms with van der Waals surface area (Å²) in [6.07, 6.45) is 1.16. The minimum atomic E-state index is -0.647. The van der Waals surface area contributed by atoms with E-state index < -0.39 is 11.6 Å². The highest BCUT2D eigenvalue weighted by Crippen LogP contribution is 2.26. The molecule has 2 rings (SSSR count). The first-order valence-corrected chi connectivity index (χ1v) is 6.07. The first kappa shape index (κ1) is 13.2. The zero-order chi connectivity index (χ0) is 13.0. The second-order valence-electron chi connectivity index (χ2n) is 4.35. The third-order valence-electron chi connectivity index (χ3n) is 2.89. The highest BCUT2D eigenvalue weighted by molar-refractivity contribution is 5.31. The van der Waals surface area contributed by atoms with Crippen LogP contribution in [0, 0.1) is 11.6 Å². The highest BCUT2D eigenvalue weighted by atomic mass is 19.1. The molecule has 1 N–H and O–H groups in total. The SMILES string of the molecule is CNCc1cc(F)c(OC2CCOCC2)c(F)c1. The van der Waals surface area contributed by atoms with Crippen LogP contribution >= 0.6 is 0 Å². The Morgan fingerprint density at radius 3 is 2.44 bits per heavy atom. The summed E-state index contributed by atoms with van der Waals surface area (Å²) in [6, 6.07) is 2.60. The third kappa shape index (κ3) is 3.17. The molecule has 1 aromatic carbocycles. The van der Waals surface area contributed by atoms with Crippen molar-refractivity contribution >= 4 is 0 Å². The number of benzene rings is 1. The zero-order valence-electron chi connectivity index (χ0n) is 10.3. The summed E-state index contributed by atoms with van der Waals surface area (Å²) in [5.41, 5.74) is 0.562. The van der Waals surface area contributed by atoms with Gasteiger partial charge in [0.15, 0.2) is 17.4 Å². The maximum Gasteiger partial charge on any atom is 0.191 e. The summed E-state index contributed by atoms with van der Waals surface area (Å²) in [4.78, 5) is 0. The molecule has 3 nitrogen and oxygen atoms in total. The van der Waals surface area contributed by atoms with Crippen molar-refractivity contribution in [2.24, 2.45) is 0 Å². The molecular formula is C13H17F2NO2. The lowest BCUT2D eigenvalue weighted by Crippen LogP contribution is -2.26. The molecule has 100 valence electrons. The van der Waals surface area contributed by atoms with Crippen LogP contribution in [0.15, 0.2) is 12.1 Å². The maximum absolute atomic E-state index is 13.8. The van der Waals surface area contributed by atoms with Crippen LogP contribution in [0.1, 0.15) is 18.4 Å². The monoisotopic (exact) mass is 257 g/mol. The van der Waals surface area contributed by atoms with Crippen LogP contribution in [0.2, 0.25) is 0 Å². The van der Waals surface area contributed by atoms with Crippen LogP contribution < -0.4 is 10.1 Å². The topological polar surface area (TPSA) is 30.5 Å². The second kappa shape index (κ2) is 6.11. The van der Waals surface area contributed by atoms with E-state index in [4.69, 9.17) is 9.47 Å². The van der Waals surface area contributed by atoms with Crippen LogP contribution in [-0.2, 0) is 11.3 Å². The minimum absolute atomic E-state index is 0.169. The van der Waals surface area contributed by atoms with Crippen molar-refractivity contribution < 1.29 is 18.3 Å². The van der Waals surface area contributed by atoms with Gasteiger partial charge in [-0.15, -0.1) is 0 Å². The van der Waals surface area contributed by atoms with Crippen molar-refractivity contribution in [2.45, 2.75) is 25.5 Å². The first-order chi connectivity index (χ1) is 8.70. The van der Waals surface area contributed by atoms with Gasteiger partial charge >= 0.3 is 0 Å². The molecule has 1 fully saturated rings. The van der Waals surface area contributed by atoms with Crippen molar-refractivity contribution in [1.29, 1.82) is 0 Å². The van der Waals surface area contributed by atoms with Gasteiger partial charge in [-0.05, 0) is 24.7 Å². The molecule has 0 aliphatic carbocycles. The summed E-state index contributed by atoms with van der Waals surface area (Å²) < 4.78 is 38.1. The van der Waals surface area contributed by atoms with E-state index in [0.29, 0.717) is 38.2 Å². The Balaban J connectivity index is 2.11. The minimum Gasteiger partial charge on any atom is -0.484 e. The van der Waals surface area contributed by atoms with Crippen LogP contribution in [0.4, 0.5) is 8.78 Å². The van der Waals surface area contributed by atoms with E-state index in [-0.39, 0.29) is 11.9 Å². The Hall–Kier alpha value is -1.20. The van der Waals surface area contributed by atoms with Gasteiger partial charge in [0, 0.05) is 19.4 Å². The number of hydrogen-bond acceptors (Lipinski definition) is 3. The average Bonchev–Trinajstić information content (AvgIpc) is 2.36. The third-order valence-corrected chi connectivity index (χ3v) is 2.89. The number of ether oxygens (including phenoxy) is 2. The van der Waals surface area contributed by atoms with Crippen LogP contribution in [0.5, 0.6) is 5.75 Å². The molecule has 0 radical (unpaired) electrons. The van der Waals surface area contributed by atoms with Crippen molar-refractivity contribution in [3.63, 3.8) is 0 Å². The van der Waals surface area contributed by atoms with Gasteiger partial charge in [0.25, 0.3) is 0 Å². The van der Waals surface area contributed by atoms with E-state index in [1.165, 1.54) is 12.1 Å². The molecule has 0 spiro atoms. The van der Waals surface area contributed by atoms with Crippen LogP contribution in [-0.4, -0.2) is 26.4 Å². The van der Waals surface area contributed by atoms with E-state index in [1.54, 1.807) is 7.05 Å². The molecule has 0 atom stereocenters. The number of hydrogen-bond donors (Lipinski definition) is 1. The normalized spacial score (nSPS) is 16.8. The van der Waals surface area contributed by atoms with Crippen LogP contribution in [0.25, 0.3) is 0 Å². The lowest BCUT2D eigenvalue weighted by molar-refractivity contribution is 0.0223. The molecule has 0 saturated carbocycles. The molecule has 1 saturated heterocycles. The van der Waals surface area contributed by atoms with Gasteiger partial charge in [-0.25, -0.2) is 8.78 Å². The fraction of sp³-hybridized carbons (Fsp3) is 0.538. The van der Waals surface area contributed by atoms with E-state index in [0.717, 1.165) is 0 Å². The first-order valence-electron chi connectivity index (χ1n) is 6.07. The molecule has 1 aliphatic rings. The fourth-order valence-corrected chi connectivity index (χ4v) is 1.99. The quantitative estimate of drug-likeness (QED) is 0.897. The van der Waals surface area contributed by atoms with Gasteiger partial charge in [0.1, 0.15) is 6.10 Å². The highest BCUT2D eigenvalue weighted by Gasteiger charge is 2.20. The molecule has 18 heavy (non-hydrogen) atoms. The van der Waals surface area contributed by atoms with Crippen molar-refractivity contribution in [3.8, 4) is 5.75 Å². The molecule has 0 unspecified atom stereocenters. The Kier molecular flexibility index (Phi) is 4.49. The maximum atomic E-state index is 13.8. The average molecular weight is 257 g/mol. The predicted octanol–water partition coefficient (Wildman–Crippen LogP) is 2.24.